The highest BCUT2D eigenvalue weighted by molar-refractivity contribution is 7.80. The Bertz CT molecular complexity index is 4230. The van der Waals surface area contributed by atoms with Gasteiger partial charge in [-0.1, -0.05) is 31.2 Å². The molecule has 0 radical (unpaired) electrons. The fourth-order valence-electron chi connectivity index (χ4n) is 10.7. The van der Waals surface area contributed by atoms with E-state index in [1.54, 1.807) is 48.6 Å². The summed E-state index contributed by atoms with van der Waals surface area (Å²) < 4.78 is 17.3. The number of aromatic hydroxyl groups is 3. The predicted molar refractivity (Wildman–Crippen MR) is 352 cm³/mol. The van der Waals surface area contributed by atoms with Gasteiger partial charge in [-0.15, -0.1) is 5.11 Å². The monoisotopic (exact) mass is 1380 g/mol. The molecule has 2 aromatic heterocycles. The molecule has 2 unspecified atom stereocenters. The molecule has 5 amide bonds. The van der Waals surface area contributed by atoms with Gasteiger partial charge in [-0.05, 0) is 111 Å². The van der Waals surface area contributed by atoms with E-state index in [1.165, 1.54) is 60.9 Å². The minimum atomic E-state index is -1.62. The van der Waals surface area contributed by atoms with Crippen molar-refractivity contribution < 1.29 is 88.0 Å². The van der Waals surface area contributed by atoms with Crippen LogP contribution in [0.15, 0.2) is 126 Å². The molecule has 0 saturated carbocycles. The summed E-state index contributed by atoms with van der Waals surface area (Å²) in [6, 6.07) is 14.8. The molecule has 0 fully saturated rings. The second-order valence-corrected chi connectivity index (χ2v) is 23.0. The first-order chi connectivity index (χ1) is 47.4. The largest absolute Gasteiger partial charge is 0.508 e. The summed E-state index contributed by atoms with van der Waals surface area (Å²) in [5, 5.41) is 87.5. The zero-order valence-electron chi connectivity index (χ0n) is 52.4. The number of nitrogens with two attached hydrogens (primary N) is 1. The Kier molecular flexibility index (Phi) is 22.7. The van der Waals surface area contributed by atoms with E-state index in [2.05, 4.69) is 72.9 Å². The molecule has 35 heteroatoms. The number of thiocarbonyl (C=S) groups is 1. The molecule has 3 aliphatic rings. The molecule has 1 aliphatic carbocycles. The summed E-state index contributed by atoms with van der Waals surface area (Å²) in [4.78, 5) is 130. The average Bonchev–Trinajstić information content (AvgIpc) is 1.59. The van der Waals surface area contributed by atoms with Crippen LogP contribution in [-0.4, -0.2) is 153 Å². The second kappa shape index (κ2) is 31.8. The number of phenolic OH excluding ortho intramolecular Hbond substituents is 2. The van der Waals surface area contributed by atoms with Crippen molar-refractivity contribution in [1.29, 1.82) is 5.53 Å². The van der Waals surface area contributed by atoms with E-state index >= 15 is 0 Å². The zero-order valence-corrected chi connectivity index (χ0v) is 53.2. The van der Waals surface area contributed by atoms with E-state index in [-0.39, 0.29) is 107 Å². The zero-order chi connectivity index (χ0) is 71.1. The van der Waals surface area contributed by atoms with Gasteiger partial charge in [0.15, 0.2) is 21.9 Å². The number of hydrogen-bond donors (Lipinski definition) is 17. The molecule has 4 heterocycles. The molecule has 18 N–H and O–H groups in total. The van der Waals surface area contributed by atoms with Crippen LogP contribution in [0.5, 0.6) is 28.9 Å². The fourth-order valence-corrected chi connectivity index (χ4v) is 10.9. The molecule has 99 heavy (non-hydrogen) atoms. The smallest absolute Gasteiger partial charge is 0.414 e. The van der Waals surface area contributed by atoms with Crippen LogP contribution < -0.4 is 58.3 Å². The van der Waals surface area contributed by atoms with Crippen LogP contribution >= 0.6 is 12.2 Å². The lowest BCUT2D eigenvalue weighted by Gasteiger charge is -2.36. The van der Waals surface area contributed by atoms with Crippen molar-refractivity contribution >= 4 is 99.4 Å². The van der Waals surface area contributed by atoms with Crippen LogP contribution in [0.2, 0.25) is 0 Å². The average molecular weight is 1380 g/mol. The van der Waals surface area contributed by atoms with Crippen molar-refractivity contribution in [3.05, 3.63) is 154 Å². The summed E-state index contributed by atoms with van der Waals surface area (Å²) in [6.07, 6.45) is 5.19. The number of hydrogen-bond acceptors (Lipinski definition) is 25. The number of rotatable bonds is 30. The number of carboxylic acids is 3. The Hall–Kier alpha value is -12.6. The molecule has 34 nitrogen and oxygen atoms in total. The fraction of sp³-hybridized carbons (Fsp3) is 0.281. The number of nitrogens with one attached hydrogen (secondary N) is 10. The van der Waals surface area contributed by atoms with Crippen molar-refractivity contribution in [2.24, 2.45) is 11.0 Å². The van der Waals surface area contributed by atoms with E-state index in [4.69, 9.17) is 37.7 Å². The number of aromatic nitrogens is 4. The lowest BCUT2D eigenvalue weighted by atomic mass is 9.77. The van der Waals surface area contributed by atoms with E-state index in [9.17, 15) is 73.8 Å². The third kappa shape index (κ3) is 17.9. The molecular formula is C64H66N16O18S. The first kappa shape index (κ1) is 70.7. The molecule has 0 bridgehead atoms. The Morgan fingerprint density at radius 3 is 1.99 bits per heavy atom. The third-order valence-electron chi connectivity index (χ3n) is 15.6. The summed E-state index contributed by atoms with van der Waals surface area (Å²) in [6.45, 7) is 2.23. The highest BCUT2D eigenvalue weighted by Crippen LogP contribution is 2.57. The van der Waals surface area contributed by atoms with Gasteiger partial charge >= 0.3 is 30.0 Å². The van der Waals surface area contributed by atoms with Gasteiger partial charge in [0.25, 0.3) is 17.7 Å². The maximum absolute atomic E-state index is 13.5. The maximum atomic E-state index is 13.5. The number of nitrogens with zero attached hydrogens (tertiary/aromatic N) is 5. The van der Waals surface area contributed by atoms with Crippen molar-refractivity contribution in [2.75, 3.05) is 36.0 Å². The highest BCUT2D eigenvalue weighted by Gasteiger charge is 2.54. The van der Waals surface area contributed by atoms with Crippen LogP contribution in [0.3, 0.4) is 0 Å². The number of nitrogen functional groups attached to an aromatic ring is 1. The Labute approximate surface area is 566 Å². The molecule has 5 atom stereocenters. The number of esters is 1. The van der Waals surface area contributed by atoms with Gasteiger partial charge in [-0.2, -0.15) is 9.97 Å². The number of carbonyl (C=O) groups excluding carboxylic acids is 6. The molecule has 9 rings (SSSR count). The van der Waals surface area contributed by atoms with E-state index < -0.39 is 115 Å². The third-order valence-corrected chi connectivity index (χ3v) is 15.9. The Morgan fingerprint density at radius 1 is 0.737 bits per heavy atom. The Balaban J connectivity index is 0.629. The molecule has 4 aromatic carbocycles. The number of aliphatic carboxylic acids is 3. The van der Waals surface area contributed by atoms with Gasteiger partial charge in [-0.3, -0.25) is 19.2 Å². The van der Waals surface area contributed by atoms with E-state index in [0.29, 0.717) is 45.8 Å². The summed E-state index contributed by atoms with van der Waals surface area (Å²) >= 11 is 5.45. The number of carboxylic acid groups (broad SMARTS) is 3. The van der Waals surface area contributed by atoms with Crippen LogP contribution in [0.1, 0.15) is 95.0 Å². The van der Waals surface area contributed by atoms with Crippen LogP contribution in [-0.2, 0) is 50.4 Å². The number of unbranched alkanes of at least 4 members (excludes halogenated alkanes) is 1. The predicted octanol–water partition coefficient (Wildman–Crippen LogP) is 4.10. The van der Waals surface area contributed by atoms with Crippen molar-refractivity contribution in [2.45, 2.75) is 88.2 Å². The van der Waals surface area contributed by atoms with Gasteiger partial charge in [-0.25, -0.2) is 39.5 Å². The van der Waals surface area contributed by atoms with Gasteiger partial charge in [0.2, 0.25) is 23.6 Å². The number of benzene rings is 4. The SMILES string of the molecule is CC1C=C(C(=O)NCCCC[C@H](NC(=O)CC[C@H](NC(=O)CC[C@H](NC(=O)c2ccc(NCc3cnc4nc(N)nc(O)c4n3)cc2)C(=O)O)C(=O)O)C(=O)O)C=CC1N/C=C(\N=N)OC(=O)NCCNC(=S)Nc1ccc2c(c1)C(=O)OC21c2ccc(O)cc2Oc2cc(O)ccc21. The topological polar surface area (TPSA) is 525 Å². The first-order valence-corrected chi connectivity index (χ1v) is 30.9. The number of phenols is 2. The number of alkyl carbamates (subject to hydrolysis) is 1. The normalized spacial score (nSPS) is 15.5. The minimum absolute atomic E-state index is 0.0169. The van der Waals surface area contributed by atoms with E-state index in [0.717, 1.165) is 0 Å². The Morgan fingerprint density at radius 2 is 1.35 bits per heavy atom. The maximum Gasteiger partial charge on any atom is 0.414 e. The molecule has 0 saturated heterocycles. The number of amides is 5. The minimum Gasteiger partial charge on any atom is -0.508 e. The van der Waals surface area contributed by atoms with E-state index in [1.807, 2.05) is 6.92 Å². The quantitative estimate of drug-likeness (QED) is 0.00992. The number of ether oxygens (including phenoxy) is 3. The standard InChI is InChI=1S/C64H66N16O18S/c1-31-24-33(7-16-43(31)71-30-51(80-66)97-63(95)69-23-22-68-62(99)74-35-10-13-40-39(25-35)60(94)98-64(40)41-14-11-37(81)26-47(41)96-48-27-38(82)12-15-42(48)64)54(85)67-21-3-2-4-44(57(88)89)75-49(83)19-17-45(58(90)91)76-50(84)20-18-46(59(92)93)77-55(86)32-5-8-34(9-6-32)70-28-36-29-72-53-52(73-36)56(87)79-61(65)78-53/h5-16,24-27,29-31,43-46,66,70-71,81-82H,2-4,17-23,28H2,1H3,(H,67,85)(H,69,95)(H,75,83)(H,76,84)(H,77,86)(H,88,89)(H,90,91)(H,92,93)(H2,68,74,99)(H3,65,72,78,79,87)/b51-30+,80-66?/t31?,43?,44-,45-,46-/m0/s1. The lowest BCUT2D eigenvalue weighted by Crippen LogP contribution is -2.45. The molecule has 1 spiro atoms. The summed E-state index contributed by atoms with van der Waals surface area (Å²) in [7, 11) is 0. The van der Waals surface area contributed by atoms with Gasteiger partial charge in [0, 0.05) is 83.8 Å². The number of carbonyl (C=O) groups is 9. The van der Waals surface area contributed by atoms with Gasteiger partial charge < -0.3 is 98.4 Å². The summed E-state index contributed by atoms with van der Waals surface area (Å²) in [5.74, 6) is -8.87. The molecule has 516 valence electrons. The number of anilines is 3. The van der Waals surface area contributed by atoms with Crippen molar-refractivity contribution in [3.8, 4) is 28.9 Å². The summed E-state index contributed by atoms with van der Waals surface area (Å²) in [5.41, 5.74) is 15.2. The van der Waals surface area contributed by atoms with Crippen molar-refractivity contribution in [1.82, 2.24) is 57.2 Å². The van der Waals surface area contributed by atoms with Crippen LogP contribution in [0.4, 0.5) is 22.1 Å². The van der Waals surface area contributed by atoms with Crippen LogP contribution in [0.25, 0.3) is 11.2 Å². The molecular weight excluding hydrogens is 1310 g/mol. The second-order valence-electron chi connectivity index (χ2n) is 22.6. The molecule has 6 aromatic rings. The van der Waals surface area contributed by atoms with Gasteiger partial charge in [0.05, 0.1) is 36.2 Å². The highest BCUT2D eigenvalue weighted by atomic mass is 32.1. The van der Waals surface area contributed by atoms with Gasteiger partial charge in [0.1, 0.15) is 41.1 Å². The molecule has 2 aliphatic heterocycles. The number of fused-ring (bicyclic) bond motifs is 7. The van der Waals surface area contributed by atoms with Crippen LogP contribution in [0, 0.1) is 11.4 Å². The van der Waals surface area contributed by atoms with Crippen molar-refractivity contribution in [3.63, 3.8) is 0 Å². The first-order valence-electron chi connectivity index (χ1n) is 30.5. The lowest BCUT2D eigenvalue weighted by molar-refractivity contribution is -0.143.